The van der Waals surface area contributed by atoms with Gasteiger partial charge in [-0.1, -0.05) is 0 Å². The van der Waals surface area contributed by atoms with Crippen LogP contribution in [0.3, 0.4) is 0 Å². The van der Waals surface area contributed by atoms with Gasteiger partial charge in [-0.2, -0.15) is 10.2 Å². The quantitative estimate of drug-likeness (QED) is 0.844. The molecule has 5 nitrogen and oxygen atoms in total. The maximum atomic E-state index is 12.1. The minimum Gasteiger partial charge on any atom is -0.307 e. The number of aromatic nitrogens is 4. The molecule has 2 aromatic rings. The summed E-state index contributed by atoms with van der Waals surface area (Å²) in [6, 6.07) is 1.90. The number of hydrogen-bond donors (Lipinski definition) is 1. The minimum absolute atomic E-state index is 0. The van der Waals surface area contributed by atoms with E-state index in [0.717, 1.165) is 24.3 Å². The molecule has 0 aliphatic rings. The first-order valence-electron chi connectivity index (χ1n) is 6.12. The van der Waals surface area contributed by atoms with Gasteiger partial charge < -0.3 is 5.32 Å². The van der Waals surface area contributed by atoms with Crippen molar-refractivity contribution >= 4 is 12.4 Å². The number of alkyl halides is 1. The molecular weight excluding hydrogens is 269 g/mol. The lowest BCUT2D eigenvalue weighted by atomic mass is 10.3. The Kier molecular flexibility index (Phi) is 6.52. The standard InChI is InChI=1S/C12H18FN5.ClH/c1-2-17-10-11(8-15-17)7-14-9-12-3-5-18(16-12)6-4-13;/h3,5,8,10,14H,2,4,6-7,9H2,1H3;1H. The molecule has 19 heavy (non-hydrogen) atoms. The van der Waals surface area contributed by atoms with E-state index < -0.39 is 0 Å². The molecule has 0 aliphatic carbocycles. The highest BCUT2D eigenvalue weighted by Gasteiger charge is 2.00. The van der Waals surface area contributed by atoms with Gasteiger partial charge in [0.15, 0.2) is 0 Å². The van der Waals surface area contributed by atoms with Crippen molar-refractivity contribution in [3.05, 3.63) is 35.9 Å². The second-order valence-corrected chi connectivity index (χ2v) is 4.07. The zero-order valence-electron chi connectivity index (χ0n) is 10.9. The third-order valence-electron chi connectivity index (χ3n) is 2.66. The van der Waals surface area contributed by atoms with E-state index in [1.54, 1.807) is 10.9 Å². The van der Waals surface area contributed by atoms with Crippen LogP contribution in [0.4, 0.5) is 4.39 Å². The van der Waals surface area contributed by atoms with Gasteiger partial charge in [0.05, 0.1) is 18.4 Å². The lowest BCUT2D eigenvalue weighted by molar-refractivity contribution is 0.425. The molecule has 106 valence electrons. The molecule has 0 bridgehead atoms. The molecule has 2 aromatic heterocycles. The molecule has 0 aromatic carbocycles. The summed E-state index contributed by atoms with van der Waals surface area (Å²) in [5, 5.41) is 11.7. The Labute approximate surface area is 118 Å². The van der Waals surface area contributed by atoms with E-state index in [1.807, 2.05) is 23.1 Å². The largest absolute Gasteiger partial charge is 0.307 e. The van der Waals surface area contributed by atoms with Crippen LogP contribution < -0.4 is 5.32 Å². The molecule has 2 heterocycles. The molecular formula is C12H19ClFN5. The summed E-state index contributed by atoms with van der Waals surface area (Å²) < 4.78 is 15.6. The van der Waals surface area contributed by atoms with Crippen molar-refractivity contribution in [2.24, 2.45) is 0 Å². The predicted molar refractivity (Wildman–Crippen MR) is 73.9 cm³/mol. The first kappa shape index (κ1) is 15.7. The van der Waals surface area contributed by atoms with Gasteiger partial charge in [-0.15, -0.1) is 12.4 Å². The van der Waals surface area contributed by atoms with Crippen molar-refractivity contribution in [3.63, 3.8) is 0 Å². The lowest BCUT2D eigenvalue weighted by Crippen LogP contribution is -2.13. The van der Waals surface area contributed by atoms with E-state index in [0.29, 0.717) is 13.1 Å². The van der Waals surface area contributed by atoms with Gasteiger partial charge in [-0.05, 0) is 13.0 Å². The molecule has 0 fully saturated rings. The predicted octanol–water partition coefficient (Wildman–Crippen LogP) is 1.78. The van der Waals surface area contributed by atoms with Gasteiger partial charge in [0, 0.05) is 37.6 Å². The highest BCUT2D eigenvalue weighted by atomic mass is 35.5. The number of nitrogens with one attached hydrogen (secondary N) is 1. The van der Waals surface area contributed by atoms with Gasteiger partial charge in [-0.3, -0.25) is 9.36 Å². The van der Waals surface area contributed by atoms with Crippen molar-refractivity contribution in [2.45, 2.75) is 33.1 Å². The Balaban J connectivity index is 0.00000180. The average molecular weight is 288 g/mol. The van der Waals surface area contributed by atoms with Crippen LogP contribution in [-0.2, 0) is 26.2 Å². The summed E-state index contributed by atoms with van der Waals surface area (Å²) in [5.74, 6) is 0. The normalized spacial score (nSPS) is 10.4. The molecule has 0 unspecified atom stereocenters. The summed E-state index contributed by atoms with van der Waals surface area (Å²) in [6.45, 7) is 4.32. The molecule has 0 saturated carbocycles. The molecule has 7 heteroatoms. The fraction of sp³-hybridized carbons (Fsp3) is 0.500. The monoisotopic (exact) mass is 287 g/mol. The second kappa shape index (κ2) is 7.91. The molecule has 0 amide bonds. The highest BCUT2D eigenvalue weighted by Crippen LogP contribution is 1.99. The number of nitrogens with zero attached hydrogens (tertiary/aromatic N) is 4. The van der Waals surface area contributed by atoms with Crippen molar-refractivity contribution in [1.29, 1.82) is 0 Å². The molecule has 0 aliphatic heterocycles. The third kappa shape index (κ3) is 4.65. The maximum Gasteiger partial charge on any atom is 0.109 e. The molecule has 0 saturated heterocycles. The van der Waals surface area contributed by atoms with Crippen molar-refractivity contribution in [3.8, 4) is 0 Å². The van der Waals surface area contributed by atoms with Crippen LogP contribution in [0, 0.1) is 0 Å². The smallest absolute Gasteiger partial charge is 0.109 e. The summed E-state index contributed by atoms with van der Waals surface area (Å²) in [7, 11) is 0. The summed E-state index contributed by atoms with van der Waals surface area (Å²) >= 11 is 0. The fourth-order valence-corrected chi connectivity index (χ4v) is 1.71. The van der Waals surface area contributed by atoms with Crippen molar-refractivity contribution < 1.29 is 4.39 Å². The van der Waals surface area contributed by atoms with Crippen molar-refractivity contribution in [1.82, 2.24) is 24.9 Å². The molecule has 2 rings (SSSR count). The SMILES string of the molecule is CCn1cc(CNCc2ccn(CCF)n2)cn1.Cl. The van der Waals surface area contributed by atoms with Crippen LogP contribution >= 0.6 is 12.4 Å². The van der Waals surface area contributed by atoms with E-state index in [2.05, 4.69) is 22.4 Å². The Morgan fingerprint density at radius 3 is 2.84 bits per heavy atom. The van der Waals surface area contributed by atoms with E-state index in [1.165, 1.54) is 0 Å². The average Bonchev–Trinajstić information content (AvgIpc) is 2.99. The fourth-order valence-electron chi connectivity index (χ4n) is 1.71. The van der Waals surface area contributed by atoms with E-state index in [-0.39, 0.29) is 19.1 Å². The maximum absolute atomic E-state index is 12.1. The lowest BCUT2D eigenvalue weighted by Gasteiger charge is -2.00. The third-order valence-corrected chi connectivity index (χ3v) is 2.66. The number of halogens is 2. The van der Waals surface area contributed by atoms with Crippen LogP contribution in [0.2, 0.25) is 0 Å². The topological polar surface area (TPSA) is 47.7 Å². The molecule has 0 radical (unpaired) electrons. The number of hydrogen-bond acceptors (Lipinski definition) is 3. The zero-order chi connectivity index (χ0) is 12.8. The minimum atomic E-state index is -0.384. The van der Waals surface area contributed by atoms with Crippen LogP contribution in [0.5, 0.6) is 0 Å². The zero-order valence-corrected chi connectivity index (χ0v) is 11.7. The summed E-state index contributed by atoms with van der Waals surface area (Å²) in [4.78, 5) is 0. The number of rotatable bonds is 7. The summed E-state index contributed by atoms with van der Waals surface area (Å²) in [5.41, 5.74) is 2.08. The van der Waals surface area contributed by atoms with E-state index >= 15 is 0 Å². The first-order chi connectivity index (χ1) is 8.81. The molecule has 0 atom stereocenters. The van der Waals surface area contributed by atoms with Crippen LogP contribution in [0.15, 0.2) is 24.7 Å². The Morgan fingerprint density at radius 1 is 1.32 bits per heavy atom. The highest BCUT2D eigenvalue weighted by molar-refractivity contribution is 5.85. The van der Waals surface area contributed by atoms with E-state index in [9.17, 15) is 4.39 Å². The second-order valence-electron chi connectivity index (χ2n) is 4.07. The van der Waals surface area contributed by atoms with Gasteiger partial charge in [0.1, 0.15) is 6.67 Å². The number of aryl methyl sites for hydroxylation is 2. The van der Waals surface area contributed by atoms with Gasteiger partial charge in [0.2, 0.25) is 0 Å². The van der Waals surface area contributed by atoms with Crippen molar-refractivity contribution in [2.75, 3.05) is 6.67 Å². The van der Waals surface area contributed by atoms with Gasteiger partial charge >= 0.3 is 0 Å². The Morgan fingerprint density at radius 2 is 2.16 bits per heavy atom. The van der Waals surface area contributed by atoms with Crippen LogP contribution in [0.25, 0.3) is 0 Å². The summed E-state index contributed by atoms with van der Waals surface area (Å²) in [6.07, 6.45) is 5.68. The van der Waals surface area contributed by atoms with Crippen LogP contribution in [0.1, 0.15) is 18.2 Å². The molecule has 1 N–H and O–H groups in total. The van der Waals surface area contributed by atoms with Crippen LogP contribution in [-0.4, -0.2) is 26.2 Å². The Bertz CT molecular complexity index is 482. The van der Waals surface area contributed by atoms with Gasteiger partial charge in [0.25, 0.3) is 0 Å². The molecule has 0 spiro atoms. The van der Waals surface area contributed by atoms with Gasteiger partial charge in [-0.25, -0.2) is 4.39 Å². The Hall–Kier alpha value is -1.40. The first-order valence-corrected chi connectivity index (χ1v) is 6.12. The van der Waals surface area contributed by atoms with E-state index in [4.69, 9.17) is 0 Å².